The van der Waals surface area contributed by atoms with E-state index in [0.29, 0.717) is 5.69 Å². The highest BCUT2D eigenvalue weighted by Crippen LogP contribution is 2.23. The van der Waals surface area contributed by atoms with E-state index < -0.39 is 32.4 Å². The lowest BCUT2D eigenvalue weighted by atomic mass is 10.3. The fraction of sp³-hybridized carbons (Fsp3) is 0.250. The van der Waals surface area contributed by atoms with Gasteiger partial charge in [-0.3, -0.25) is 4.55 Å². The first-order valence-electron chi connectivity index (χ1n) is 4.62. The van der Waals surface area contributed by atoms with E-state index in [1.54, 1.807) is 0 Å². The Kier molecular flexibility index (Phi) is 4.56. The molecule has 0 saturated heterocycles. The number of nitrogen functional groups attached to an aromatic ring is 1. The number of sulfonamides is 1. The zero-order valence-corrected chi connectivity index (χ0v) is 11.4. The Morgan fingerprint density at radius 1 is 1.28 bits per heavy atom. The van der Waals surface area contributed by atoms with Gasteiger partial charge in [0.15, 0.2) is 0 Å². The van der Waals surface area contributed by atoms with Crippen LogP contribution in [0.1, 0.15) is 0 Å². The zero-order valence-electron chi connectivity index (χ0n) is 9.00. The molecule has 0 unspecified atom stereocenters. The average molecular weight is 315 g/mol. The fourth-order valence-corrected chi connectivity index (χ4v) is 3.19. The van der Waals surface area contributed by atoms with Gasteiger partial charge in [0.05, 0.1) is 10.8 Å². The van der Waals surface area contributed by atoms with Crippen LogP contribution in [0.5, 0.6) is 0 Å². The van der Waals surface area contributed by atoms with E-state index in [4.69, 9.17) is 21.9 Å². The smallest absolute Gasteiger partial charge is 0.266 e. The van der Waals surface area contributed by atoms with Gasteiger partial charge in [0.25, 0.3) is 10.1 Å². The summed E-state index contributed by atoms with van der Waals surface area (Å²) in [5, 5.41) is -0.0747. The SMILES string of the molecule is Nc1ccc(S(=O)(=O)NCCS(=O)(=O)O)c(Cl)c1. The van der Waals surface area contributed by atoms with Crippen LogP contribution in [0.15, 0.2) is 23.1 Å². The predicted molar refractivity (Wildman–Crippen MR) is 67.5 cm³/mol. The van der Waals surface area contributed by atoms with Crippen LogP contribution in [0.2, 0.25) is 5.02 Å². The maximum Gasteiger partial charge on any atom is 0.266 e. The molecular formula is C8H11ClN2O5S2. The Bertz CT molecular complexity index is 641. The number of hydrogen-bond donors (Lipinski definition) is 3. The van der Waals surface area contributed by atoms with Gasteiger partial charge in [0.1, 0.15) is 4.90 Å². The van der Waals surface area contributed by atoms with Crippen molar-refractivity contribution < 1.29 is 21.4 Å². The molecule has 4 N–H and O–H groups in total. The van der Waals surface area contributed by atoms with Gasteiger partial charge in [0, 0.05) is 12.2 Å². The van der Waals surface area contributed by atoms with Gasteiger partial charge in [0.2, 0.25) is 10.0 Å². The van der Waals surface area contributed by atoms with Gasteiger partial charge < -0.3 is 5.73 Å². The second-order valence-electron chi connectivity index (χ2n) is 3.37. The van der Waals surface area contributed by atoms with E-state index in [1.807, 2.05) is 4.72 Å². The van der Waals surface area contributed by atoms with Crippen molar-refractivity contribution in [1.82, 2.24) is 4.72 Å². The van der Waals surface area contributed by atoms with Crippen LogP contribution in [-0.2, 0) is 20.1 Å². The quantitative estimate of drug-likeness (QED) is 0.522. The van der Waals surface area contributed by atoms with Crippen LogP contribution in [0, 0.1) is 0 Å². The fourth-order valence-electron chi connectivity index (χ4n) is 1.12. The van der Waals surface area contributed by atoms with Crippen LogP contribution in [0.3, 0.4) is 0 Å². The Labute approximate surface area is 110 Å². The Morgan fingerprint density at radius 2 is 1.89 bits per heavy atom. The number of halogens is 1. The van der Waals surface area contributed by atoms with Crippen molar-refractivity contribution in [3.63, 3.8) is 0 Å². The van der Waals surface area contributed by atoms with E-state index >= 15 is 0 Å². The summed E-state index contributed by atoms with van der Waals surface area (Å²) in [6, 6.07) is 3.82. The van der Waals surface area contributed by atoms with Crippen LogP contribution in [0.25, 0.3) is 0 Å². The third-order valence-electron chi connectivity index (χ3n) is 1.90. The summed E-state index contributed by atoms with van der Waals surface area (Å²) in [5.74, 6) is -0.723. The normalized spacial score (nSPS) is 12.6. The van der Waals surface area contributed by atoms with E-state index in [2.05, 4.69) is 0 Å². The molecule has 10 heteroatoms. The van der Waals surface area contributed by atoms with E-state index in [0.717, 1.165) is 0 Å². The number of benzene rings is 1. The van der Waals surface area contributed by atoms with Crippen LogP contribution < -0.4 is 10.5 Å². The van der Waals surface area contributed by atoms with Crippen LogP contribution in [0.4, 0.5) is 5.69 Å². The molecule has 0 amide bonds. The van der Waals surface area contributed by atoms with E-state index in [-0.39, 0.29) is 9.92 Å². The van der Waals surface area contributed by atoms with E-state index in [9.17, 15) is 16.8 Å². The molecule has 0 saturated carbocycles. The minimum absolute atomic E-state index is 0.0747. The number of anilines is 1. The zero-order chi connectivity index (χ0) is 14.0. The Morgan fingerprint density at radius 3 is 2.39 bits per heavy atom. The first kappa shape index (κ1) is 15.2. The summed E-state index contributed by atoms with van der Waals surface area (Å²) in [4.78, 5) is -0.214. The van der Waals surface area contributed by atoms with Crippen molar-refractivity contribution in [1.29, 1.82) is 0 Å². The summed E-state index contributed by atoms with van der Waals surface area (Å²) in [6.07, 6.45) is 0. The van der Waals surface area contributed by atoms with E-state index in [1.165, 1.54) is 18.2 Å². The van der Waals surface area contributed by atoms with Crippen molar-refractivity contribution in [3.8, 4) is 0 Å². The summed E-state index contributed by atoms with van der Waals surface area (Å²) in [7, 11) is -8.17. The molecule has 0 radical (unpaired) electrons. The van der Waals surface area contributed by atoms with Crippen molar-refractivity contribution in [2.24, 2.45) is 0 Å². The van der Waals surface area contributed by atoms with Gasteiger partial charge in [-0.05, 0) is 18.2 Å². The molecule has 18 heavy (non-hydrogen) atoms. The number of hydrogen-bond acceptors (Lipinski definition) is 5. The number of rotatable bonds is 5. The molecule has 0 aliphatic carbocycles. The molecule has 0 atom stereocenters. The topological polar surface area (TPSA) is 127 Å². The lowest BCUT2D eigenvalue weighted by Gasteiger charge is -2.08. The Balaban J connectivity index is 2.87. The molecule has 0 bridgehead atoms. The predicted octanol–water partition coefficient (Wildman–Crippen LogP) is 0.0883. The standard InChI is InChI=1S/C8H11ClN2O5S2/c9-7-5-6(10)1-2-8(7)18(15,16)11-3-4-17(12,13)14/h1-2,5,11H,3-4,10H2,(H,12,13,14). The first-order chi connectivity index (χ1) is 8.12. The maximum atomic E-state index is 11.7. The number of nitrogens with two attached hydrogens (primary N) is 1. The minimum atomic E-state index is -4.23. The summed E-state index contributed by atoms with van der Waals surface area (Å²) >= 11 is 5.72. The molecule has 7 nitrogen and oxygen atoms in total. The lowest BCUT2D eigenvalue weighted by molar-refractivity contribution is 0.482. The van der Waals surface area contributed by atoms with Gasteiger partial charge >= 0.3 is 0 Å². The molecule has 1 aromatic carbocycles. The van der Waals surface area contributed by atoms with Crippen LogP contribution in [-0.4, -0.2) is 33.7 Å². The first-order valence-corrected chi connectivity index (χ1v) is 8.09. The average Bonchev–Trinajstić information content (AvgIpc) is 2.13. The van der Waals surface area contributed by atoms with Crippen LogP contribution >= 0.6 is 11.6 Å². The Hall–Kier alpha value is -0.870. The molecule has 102 valence electrons. The lowest BCUT2D eigenvalue weighted by Crippen LogP contribution is -2.29. The maximum absolute atomic E-state index is 11.7. The highest BCUT2D eigenvalue weighted by atomic mass is 35.5. The van der Waals surface area contributed by atoms with Gasteiger partial charge in [-0.25, -0.2) is 13.1 Å². The molecule has 0 aromatic heterocycles. The monoisotopic (exact) mass is 314 g/mol. The van der Waals surface area contributed by atoms with Crippen molar-refractivity contribution in [3.05, 3.63) is 23.2 Å². The summed E-state index contributed by atoms with van der Waals surface area (Å²) in [6.45, 7) is -0.456. The number of nitrogens with one attached hydrogen (secondary N) is 1. The highest BCUT2D eigenvalue weighted by Gasteiger charge is 2.18. The van der Waals surface area contributed by atoms with Gasteiger partial charge in [-0.2, -0.15) is 8.42 Å². The molecule has 0 fully saturated rings. The highest BCUT2D eigenvalue weighted by molar-refractivity contribution is 7.89. The molecule has 1 rings (SSSR count). The van der Waals surface area contributed by atoms with Crippen molar-refractivity contribution >= 4 is 37.4 Å². The molecular weight excluding hydrogens is 304 g/mol. The molecule has 0 spiro atoms. The third kappa shape index (κ3) is 4.42. The molecule has 0 aliphatic heterocycles. The summed E-state index contributed by atoms with van der Waals surface area (Å²) < 4.78 is 54.8. The molecule has 1 aromatic rings. The summed E-state index contributed by atoms with van der Waals surface area (Å²) in [5.41, 5.74) is 5.72. The van der Waals surface area contributed by atoms with Crippen molar-refractivity contribution in [2.75, 3.05) is 18.0 Å². The third-order valence-corrected chi connectivity index (χ3v) is 4.56. The van der Waals surface area contributed by atoms with Gasteiger partial charge in [-0.15, -0.1) is 0 Å². The van der Waals surface area contributed by atoms with Gasteiger partial charge in [-0.1, -0.05) is 11.6 Å². The minimum Gasteiger partial charge on any atom is -0.399 e. The second-order valence-corrected chi connectivity index (χ2v) is 7.09. The molecule has 0 heterocycles. The van der Waals surface area contributed by atoms with Crippen molar-refractivity contribution in [2.45, 2.75) is 4.90 Å². The largest absolute Gasteiger partial charge is 0.399 e. The molecule has 0 aliphatic rings. The second kappa shape index (κ2) is 5.41.